The molecule has 2 rings (SSSR count). The second kappa shape index (κ2) is 8.45. The van der Waals surface area contributed by atoms with Gasteiger partial charge >= 0.3 is 0 Å². The number of hydrogen-bond acceptors (Lipinski definition) is 4. The molecule has 128 valence electrons. The van der Waals surface area contributed by atoms with Crippen LogP contribution in [0.15, 0.2) is 36.4 Å². The van der Waals surface area contributed by atoms with E-state index in [-0.39, 0.29) is 5.91 Å². The molecule has 0 aliphatic carbocycles. The smallest absolute Gasteiger partial charge is 0.258 e. The molecule has 0 radical (unpaired) electrons. The predicted molar refractivity (Wildman–Crippen MR) is 93.6 cm³/mol. The van der Waals surface area contributed by atoms with E-state index < -0.39 is 0 Å². The molecule has 24 heavy (non-hydrogen) atoms. The fraction of sp³-hybridized carbons (Fsp3) is 0.278. The van der Waals surface area contributed by atoms with Crippen molar-refractivity contribution in [2.75, 3.05) is 27.9 Å². The van der Waals surface area contributed by atoms with Crippen LogP contribution < -0.4 is 19.5 Å². The van der Waals surface area contributed by atoms with Gasteiger partial charge in [-0.1, -0.05) is 23.7 Å². The van der Waals surface area contributed by atoms with Gasteiger partial charge in [-0.2, -0.15) is 0 Å². The average molecular weight is 350 g/mol. The lowest BCUT2D eigenvalue weighted by molar-refractivity contribution is 0.0948. The first kappa shape index (κ1) is 17.9. The van der Waals surface area contributed by atoms with Crippen molar-refractivity contribution in [3.63, 3.8) is 0 Å². The van der Waals surface area contributed by atoms with E-state index >= 15 is 0 Å². The number of benzene rings is 2. The fourth-order valence-electron chi connectivity index (χ4n) is 2.35. The third-order valence-electron chi connectivity index (χ3n) is 3.57. The van der Waals surface area contributed by atoms with Crippen LogP contribution in [0.4, 0.5) is 0 Å². The predicted octanol–water partition coefficient (Wildman–Crippen LogP) is 3.34. The first-order chi connectivity index (χ1) is 11.6. The fourth-order valence-corrected chi connectivity index (χ4v) is 2.63. The van der Waals surface area contributed by atoms with Gasteiger partial charge in [-0.3, -0.25) is 4.79 Å². The molecule has 0 heterocycles. The number of ether oxygens (including phenoxy) is 3. The molecular formula is C18H20ClNO4. The van der Waals surface area contributed by atoms with E-state index in [1.54, 1.807) is 25.3 Å². The lowest BCUT2D eigenvalue weighted by atomic mass is 10.1. The van der Waals surface area contributed by atoms with Crippen molar-refractivity contribution in [2.24, 2.45) is 0 Å². The van der Waals surface area contributed by atoms with Crippen molar-refractivity contribution in [1.82, 2.24) is 5.32 Å². The molecule has 2 aromatic carbocycles. The minimum atomic E-state index is -0.246. The first-order valence-corrected chi connectivity index (χ1v) is 7.80. The second-order valence-electron chi connectivity index (χ2n) is 5.01. The van der Waals surface area contributed by atoms with Crippen LogP contribution in [0.5, 0.6) is 17.2 Å². The Kier molecular flexibility index (Phi) is 6.32. The van der Waals surface area contributed by atoms with E-state index in [1.165, 1.54) is 14.2 Å². The van der Waals surface area contributed by atoms with E-state index in [4.69, 9.17) is 25.8 Å². The summed E-state index contributed by atoms with van der Waals surface area (Å²) in [4.78, 5) is 12.4. The summed E-state index contributed by atoms with van der Waals surface area (Å²) in [6.45, 7) is 0.461. The van der Waals surface area contributed by atoms with Crippen LogP contribution in [0.3, 0.4) is 0 Å². The van der Waals surface area contributed by atoms with Crippen LogP contribution in [0.25, 0.3) is 0 Å². The molecule has 0 spiro atoms. The highest BCUT2D eigenvalue weighted by atomic mass is 35.5. The Labute approximate surface area is 146 Å². The van der Waals surface area contributed by atoms with Crippen LogP contribution in [0.2, 0.25) is 5.02 Å². The summed E-state index contributed by atoms with van der Waals surface area (Å²) in [6, 6.07) is 10.8. The molecule has 6 heteroatoms. The number of methoxy groups -OCH3 is 3. The van der Waals surface area contributed by atoms with Gasteiger partial charge in [0, 0.05) is 6.54 Å². The van der Waals surface area contributed by atoms with Crippen molar-refractivity contribution in [3.05, 3.63) is 52.5 Å². The Bertz CT molecular complexity index is 696. The molecule has 0 aliphatic heterocycles. The first-order valence-electron chi connectivity index (χ1n) is 7.42. The number of rotatable bonds is 7. The summed E-state index contributed by atoms with van der Waals surface area (Å²) < 4.78 is 15.6. The quantitative estimate of drug-likeness (QED) is 0.833. The van der Waals surface area contributed by atoms with Gasteiger partial charge in [0.05, 0.1) is 26.4 Å². The van der Waals surface area contributed by atoms with Crippen LogP contribution in [0.1, 0.15) is 15.9 Å². The van der Waals surface area contributed by atoms with E-state index in [0.29, 0.717) is 40.8 Å². The molecule has 1 N–H and O–H groups in total. The second-order valence-corrected chi connectivity index (χ2v) is 5.42. The molecular weight excluding hydrogens is 330 g/mol. The molecule has 0 aromatic heterocycles. The minimum Gasteiger partial charge on any atom is -0.496 e. The molecule has 0 aliphatic rings. The Balaban J connectivity index is 2.02. The Hall–Kier alpha value is -2.40. The minimum absolute atomic E-state index is 0.246. The zero-order valence-electron chi connectivity index (χ0n) is 13.9. The number of nitrogens with one attached hydrogen (secondary N) is 1. The van der Waals surface area contributed by atoms with E-state index in [0.717, 1.165) is 5.56 Å². The van der Waals surface area contributed by atoms with Gasteiger partial charge in [-0.25, -0.2) is 0 Å². The lowest BCUT2D eigenvalue weighted by Gasteiger charge is -2.13. The maximum atomic E-state index is 12.4. The van der Waals surface area contributed by atoms with E-state index in [1.807, 2.05) is 18.2 Å². The third kappa shape index (κ3) is 4.11. The van der Waals surface area contributed by atoms with Crippen LogP contribution in [0, 0.1) is 0 Å². The summed E-state index contributed by atoms with van der Waals surface area (Å²) in [6.07, 6.45) is 0.646. The Morgan fingerprint density at radius 3 is 2.17 bits per heavy atom. The molecule has 0 unspecified atom stereocenters. The molecule has 5 nitrogen and oxygen atoms in total. The molecule has 0 bridgehead atoms. The summed E-state index contributed by atoms with van der Waals surface area (Å²) in [7, 11) is 4.61. The van der Waals surface area contributed by atoms with Gasteiger partial charge in [0.25, 0.3) is 5.91 Å². The van der Waals surface area contributed by atoms with Gasteiger partial charge in [0.15, 0.2) is 0 Å². The van der Waals surface area contributed by atoms with Crippen LogP contribution in [-0.4, -0.2) is 33.8 Å². The highest BCUT2D eigenvalue weighted by molar-refractivity contribution is 6.32. The Morgan fingerprint density at radius 2 is 1.62 bits per heavy atom. The van der Waals surface area contributed by atoms with Gasteiger partial charge in [0.2, 0.25) is 0 Å². The van der Waals surface area contributed by atoms with Crippen molar-refractivity contribution in [3.8, 4) is 17.2 Å². The highest BCUT2D eigenvalue weighted by Gasteiger charge is 2.17. The van der Waals surface area contributed by atoms with E-state index in [2.05, 4.69) is 5.32 Å². The lowest BCUT2D eigenvalue weighted by Crippen LogP contribution is -2.26. The highest BCUT2D eigenvalue weighted by Crippen LogP contribution is 2.28. The summed E-state index contributed by atoms with van der Waals surface area (Å²) in [5.74, 6) is 1.32. The molecule has 0 saturated carbocycles. The number of carbonyl (C=O) groups excluding carboxylic acids is 1. The van der Waals surface area contributed by atoms with Crippen molar-refractivity contribution >= 4 is 17.5 Å². The number of halogens is 1. The summed E-state index contributed by atoms with van der Waals surface area (Å²) in [5, 5.41) is 3.42. The van der Waals surface area contributed by atoms with Crippen LogP contribution in [-0.2, 0) is 6.42 Å². The third-order valence-corrected chi connectivity index (χ3v) is 3.87. The zero-order valence-corrected chi connectivity index (χ0v) is 14.6. The molecule has 2 aromatic rings. The SMILES string of the molecule is COc1ccc(CCNC(=O)c2c(OC)cccc2OC)cc1Cl. The molecule has 0 atom stereocenters. The van der Waals surface area contributed by atoms with Gasteiger partial charge in [0.1, 0.15) is 22.8 Å². The summed E-state index contributed by atoms with van der Waals surface area (Å²) in [5.41, 5.74) is 1.39. The van der Waals surface area contributed by atoms with Crippen molar-refractivity contribution in [1.29, 1.82) is 0 Å². The number of hydrogen-bond donors (Lipinski definition) is 1. The Morgan fingerprint density at radius 1 is 1.00 bits per heavy atom. The van der Waals surface area contributed by atoms with E-state index in [9.17, 15) is 4.79 Å². The maximum absolute atomic E-state index is 12.4. The monoisotopic (exact) mass is 349 g/mol. The van der Waals surface area contributed by atoms with Gasteiger partial charge in [-0.05, 0) is 36.2 Å². The van der Waals surface area contributed by atoms with Crippen LogP contribution >= 0.6 is 11.6 Å². The van der Waals surface area contributed by atoms with Gasteiger partial charge < -0.3 is 19.5 Å². The molecule has 0 fully saturated rings. The number of carbonyl (C=O) groups is 1. The standard InChI is InChI=1S/C18H20ClNO4/c1-22-14-8-7-12(11-13(14)19)9-10-20-18(21)17-15(23-2)5-4-6-16(17)24-3/h4-8,11H,9-10H2,1-3H3,(H,20,21). The van der Waals surface area contributed by atoms with Gasteiger partial charge in [-0.15, -0.1) is 0 Å². The molecule has 1 amide bonds. The topological polar surface area (TPSA) is 56.8 Å². The maximum Gasteiger partial charge on any atom is 0.258 e. The molecule has 0 saturated heterocycles. The zero-order chi connectivity index (χ0) is 17.5. The van der Waals surface area contributed by atoms with Crippen molar-refractivity contribution < 1.29 is 19.0 Å². The number of amides is 1. The summed E-state index contributed by atoms with van der Waals surface area (Å²) >= 11 is 6.10. The largest absolute Gasteiger partial charge is 0.496 e. The normalized spacial score (nSPS) is 10.2. The average Bonchev–Trinajstić information content (AvgIpc) is 2.60. The van der Waals surface area contributed by atoms with Crippen molar-refractivity contribution in [2.45, 2.75) is 6.42 Å².